The van der Waals surface area contributed by atoms with Crippen molar-refractivity contribution in [3.05, 3.63) is 68.7 Å². The van der Waals surface area contributed by atoms with Crippen LogP contribution in [0.3, 0.4) is 0 Å². The SMILES string of the molecule is O=C([O-])c1ccc2c(c1)CCc1c(Br)cccc1C2=O.[Na+]. The summed E-state index contributed by atoms with van der Waals surface area (Å²) in [4.78, 5) is 23.5. The van der Waals surface area contributed by atoms with Crippen LogP contribution in [0.5, 0.6) is 0 Å². The Hall–Kier alpha value is -0.940. The van der Waals surface area contributed by atoms with Gasteiger partial charge in [-0.3, -0.25) is 4.79 Å². The first-order valence-electron chi connectivity index (χ1n) is 6.24. The van der Waals surface area contributed by atoms with E-state index in [0.717, 1.165) is 15.6 Å². The fourth-order valence-corrected chi connectivity index (χ4v) is 3.14. The maximum Gasteiger partial charge on any atom is 1.00 e. The number of aromatic carboxylic acids is 1. The van der Waals surface area contributed by atoms with E-state index in [1.54, 1.807) is 12.1 Å². The van der Waals surface area contributed by atoms with Crippen LogP contribution in [0.15, 0.2) is 40.9 Å². The van der Waals surface area contributed by atoms with Gasteiger partial charge in [0.2, 0.25) is 0 Å². The average molecular weight is 353 g/mol. The normalized spacial score (nSPS) is 12.7. The van der Waals surface area contributed by atoms with Crippen LogP contribution in [0.1, 0.15) is 37.4 Å². The standard InChI is InChI=1S/C16H11BrO3.Na/c17-14-3-1-2-13-12(14)7-4-9-8-10(16(19)20)5-6-11(9)15(13)18;/h1-3,5-6,8H,4,7H2,(H,19,20);/q;+1/p-1. The summed E-state index contributed by atoms with van der Waals surface area (Å²) in [6, 6.07) is 10.1. The van der Waals surface area contributed by atoms with Gasteiger partial charge in [0.05, 0.1) is 5.97 Å². The monoisotopic (exact) mass is 352 g/mol. The van der Waals surface area contributed by atoms with Crippen molar-refractivity contribution < 1.29 is 44.3 Å². The van der Waals surface area contributed by atoms with Gasteiger partial charge >= 0.3 is 29.6 Å². The number of hydrogen-bond donors (Lipinski definition) is 0. The van der Waals surface area contributed by atoms with Gasteiger partial charge in [0, 0.05) is 15.6 Å². The van der Waals surface area contributed by atoms with Gasteiger partial charge in [-0.1, -0.05) is 40.2 Å². The summed E-state index contributed by atoms with van der Waals surface area (Å²) in [5.74, 6) is -1.28. The molecule has 0 spiro atoms. The molecule has 1 aliphatic rings. The molecule has 0 N–H and O–H groups in total. The number of carboxylic acids is 1. The fraction of sp³-hybridized carbons (Fsp3) is 0.125. The molecule has 0 bridgehead atoms. The molecule has 0 aliphatic heterocycles. The predicted molar refractivity (Wildman–Crippen MR) is 75.8 cm³/mol. The summed E-state index contributed by atoms with van der Waals surface area (Å²) in [6.45, 7) is 0. The number of aryl methyl sites for hydroxylation is 1. The number of ketones is 1. The second-order valence-electron chi connectivity index (χ2n) is 4.75. The van der Waals surface area contributed by atoms with Crippen molar-refractivity contribution in [1.82, 2.24) is 0 Å². The van der Waals surface area contributed by atoms with Gasteiger partial charge < -0.3 is 9.90 Å². The number of hydrogen-bond acceptors (Lipinski definition) is 3. The third kappa shape index (κ3) is 2.99. The first kappa shape index (κ1) is 16.4. The molecule has 0 amide bonds. The van der Waals surface area contributed by atoms with E-state index in [2.05, 4.69) is 15.9 Å². The minimum atomic E-state index is -1.22. The Labute approximate surface area is 152 Å². The molecule has 5 heteroatoms. The third-order valence-corrected chi connectivity index (χ3v) is 4.34. The zero-order valence-corrected chi connectivity index (χ0v) is 15.1. The Morgan fingerprint density at radius 2 is 1.86 bits per heavy atom. The molecule has 100 valence electrons. The van der Waals surface area contributed by atoms with Gasteiger partial charge in [0.15, 0.2) is 5.78 Å². The fourth-order valence-electron chi connectivity index (χ4n) is 2.58. The van der Waals surface area contributed by atoms with Crippen molar-refractivity contribution in [2.75, 3.05) is 0 Å². The van der Waals surface area contributed by atoms with E-state index in [9.17, 15) is 14.7 Å². The zero-order chi connectivity index (χ0) is 14.3. The number of benzene rings is 2. The molecule has 3 nitrogen and oxygen atoms in total. The van der Waals surface area contributed by atoms with Crippen molar-refractivity contribution in [2.45, 2.75) is 12.8 Å². The number of carbonyl (C=O) groups excluding carboxylic acids is 2. The molecule has 0 unspecified atom stereocenters. The van der Waals surface area contributed by atoms with Crippen LogP contribution in [0.4, 0.5) is 0 Å². The topological polar surface area (TPSA) is 57.2 Å². The Balaban J connectivity index is 0.00000161. The number of carboxylic acid groups (broad SMARTS) is 1. The summed E-state index contributed by atoms with van der Waals surface area (Å²) in [7, 11) is 0. The Bertz CT molecular complexity index is 740. The van der Waals surface area contributed by atoms with Gasteiger partial charge in [-0.15, -0.1) is 0 Å². The molecule has 0 radical (unpaired) electrons. The summed E-state index contributed by atoms with van der Waals surface area (Å²) < 4.78 is 0.913. The van der Waals surface area contributed by atoms with E-state index >= 15 is 0 Å². The molecular weight excluding hydrogens is 343 g/mol. The van der Waals surface area contributed by atoms with Crippen LogP contribution >= 0.6 is 15.9 Å². The summed E-state index contributed by atoms with van der Waals surface area (Å²) in [6.07, 6.45) is 1.34. The zero-order valence-electron chi connectivity index (χ0n) is 11.5. The van der Waals surface area contributed by atoms with Gasteiger partial charge in [-0.05, 0) is 41.7 Å². The van der Waals surface area contributed by atoms with Crippen LogP contribution in [0.2, 0.25) is 0 Å². The van der Waals surface area contributed by atoms with E-state index in [-0.39, 0.29) is 40.9 Å². The molecule has 0 aromatic heterocycles. The number of rotatable bonds is 1. The minimum Gasteiger partial charge on any atom is -0.545 e. The second kappa shape index (κ2) is 6.44. The molecule has 0 saturated heterocycles. The number of halogens is 1. The Morgan fingerprint density at radius 1 is 1.10 bits per heavy atom. The van der Waals surface area contributed by atoms with Crippen molar-refractivity contribution in [3.63, 3.8) is 0 Å². The maximum atomic E-state index is 12.6. The van der Waals surface area contributed by atoms with Crippen LogP contribution < -0.4 is 34.7 Å². The minimum absolute atomic E-state index is 0. The molecule has 1 aliphatic carbocycles. The van der Waals surface area contributed by atoms with E-state index in [1.807, 2.05) is 18.2 Å². The molecule has 0 fully saturated rings. The summed E-state index contributed by atoms with van der Waals surface area (Å²) >= 11 is 3.47. The van der Waals surface area contributed by atoms with Gasteiger partial charge in [-0.25, -0.2) is 0 Å². The molecule has 0 saturated carbocycles. The third-order valence-electron chi connectivity index (χ3n) is 3.59. The van der Waals surface area contributed by atoms with Crippen LogP contribution in [-0.2, 0) is 12.8 Å². The maximum absolute atomic E-state index is 12.6. The molecule has 21 heavy (non-hydrogen) atoms. The predicted octanol–water partition coefficient (Wildman–Crippen LogP) is -0.854. The van der Waals surface area contributed by atoms with E-state index in [1.165, 1.54) is 6.07 Å². The number of carbonyl (C=O) groups is 2. The summed E-state index contributed by atoms with van der Waals surface area (Å²) in [5, 5.41) is 10.9. The average Bonchev–Trinajstić information content (AvgIpc) is 2.57. The van der Waals surface area contributed by atoms with Crippen molar-refractivity contribution in [1.29, 1.82) is 0 Å². The van der Waals surface area contributed by atoms with E-state index in [0.29, 0.717) is 24.0 Å². The summed E-state index contributed by atoms with van der Waals surface area (Å²) in [5.41, 5.74) is 3.11. The van der Waals surface area contributed by atoms with Crippen LogP contribution in [-0.4, -0.2) is 11.8 Å². The second-order valence-corrected chi connectivity index (χ2v) is 5.61. The molecule has 3 rings (SSSR count). The number of fused-ring (bicyclic) bond motifs is 2. The first-order valence-corrected chi connectivity index (χ1v) is 7.03. The molecule has 0 atom stereocenters. The van der Waals surface area contributed by atoms with Gasteiger partial charge in [0.1, 0.15) is 0 Å². The largest absolute Gasteiger partial charge is 1.00 e. The Kier molecular flexibility index (Phi) is 5.04. The van der Waals surface area contributed by atoms with Crippen molar-refractivity contribution in [3.8, 4) is 0 Å². The molecule has 2 aromatic carbocycles. The van der Waals surface area contributed by atoms with Crippen molar-refractivity contribution in [2.24, 2.45) is 0 Å². The quantitative estimate of drug-likeness (QED) is 0.628. The van der Waals surface area contributed by atoms with E-state index in [4.69, 9.17) is 0 Å². The van der Waals surface area contributed by atoms with Crippen molar-refractivity contribution >= 4 is 27.7 Å². The van der Waals surface area contributed by atoms with Gasteiger partial charge in [-0.2, -0.15) is 0 Å². The smallest absolute Gasteiger partial charge is 0.545 e. The first-order chi connectivity index (χ1) is 9.58. The van der Waals surface area contributed by atoms with Crippen LogP contribution in [0, 0.1) is 0 Å². The van der Waals surface area contributed by atoms with E-state index < -0.39 is 5.97 Å². The van der Waals surface area contributed by atoms with Crippen LogP contribution in [0.25, 0.3) is 0 Å². The molecule has 0 heterocycles. The molecule has 2 aromatic rings. The van der Waals surface area contributed by atoms with Gasteiger partial charge in [0.25, 0.3) is 0 Å². The Morgan fingerprint density at radius 3 is 2.57 bits per heavy atom. The molecular formula is C16H10BrNaO3.